The van der Waals surface area contributed by atoms with Crippen LogP contribution in [0.15, 0.2) is 77.7 Å². The van der Waals surface area contributed by atoms with Crippen molar-refractivity contribution in [2.24, 2.45) is 0 Å². The highest BCUT2D eigenvalue weighted by Gasteiger charge is 2.39. The van der Waals surface area contributed by atoms with Gasteiger partial charge in [-0.3, -0.25) is 4.79 Å². The Morgan fingerprint density at radius 1 is 1.00 bits per heavy atom. The van der Waals surface area contributed by atoms with Gasteiger partial charge in [0.25, 0.3) is 0 Å². The maximum absolute atomic E-state index is 13.4. The average Bonchev–Trinajstić information content (AvgIpc) is 3.18. The normalized spacial score (nSPS) is 19.5. The molecule has 1 N–H and O–H groups in total. The molecule has 2 atom stereocenters. The summed E-state index contributed by atoms with van der Waals surface area (Å²) in [6.45, 7) is 0.827. The van der Waals surface area contributed by atoms with Crippen LogP contribution in [0.5, 0.6) is 0 Å². The number of carbonyl (C=O) groups is 1. The molecule has 1 fully saturated rings. The molecule has 1 heterocycles. The second-order valence-electron chi connectivity index (χ2n) is 7.93. The third-order valence-electron chi connectivity index (χ3n) is 5.71. The van der Waals surface area contributed by atoms with E-state index in [1.54, 1.807) is 12.1 Å². The minimum atomic E-state index is -3.66. The standard InChI is InChI=1S/C24H26N2O3S2/c27-24(25-16-18-6-2-1-3-7-18)13-11-21-15-22(30)17-26(21)31(28,29)23-12-10-19-8-4-5-9-20(19)14-23/h1-10,12,14,21-22,30H,11,13,15-17H2,(H,25,27)/t21-,22-/m1/s1. The van der Waals surface area contributed by atoms with Crippen molar-refractivity contribution in [2.45, 2.75) is 42.0 Å². The van der Waals surface area contributed by atoms with Crippen LogP contribution in [0.1, 0.15) is 24.8 Å². The molecule has 4 rings (SSSR count). The molecule has 0 spiro atoms. The van der Waals surface area contributed by atoms with Gasteiger partial charge in [-0.05, 0) is 41.3 Å². The summed E-state index contributed by atoms with van der Waals surface area (Å²) in [5.74, 6) is -0.0745. The first-order valence-electron chi connectivity index (χ1n) is 10.4. The van der Waals surface area contributed by atoms with Gasteiger partial charge in [-0.15, -0.1) is 0 Å². The van der Waals surface area contributed by atoms with Crippen molar-refractivity contribution in [3.05, 3.63) is 78.4 Å². The summed E-state index contributed by atoms with van der Waals surface area (Å²) in [6.07, 6.45) is 1.40. The molecule has 7 heteroatoms. The number of hydrogen-bond acceptors (Lipinski definition) is 4. The minimum Gasteiger partial charge on any atom is -0.352 e. The number of hydrogen-bond donors (Lipinski definition) is 2. The number of benzene rings is 3. The van der Waals surface area contributed by atoms with Crippen LogP contribution in [0.3, 0.4) is 0 Å². The lowest BCUT2D eigenvalue weighted by molar-refractivity contribution is -0.121. The summed E-state index contributed by atoms with van der Waals surface area (Å²) in [4.78, 5) is 12.6. The fourth-order valence-corrected chi connectivity index (χ4v) is 6.34. The summed E-state index contributed by atoms with van der Waals surface area (Å²) >= 11 is 4.54. The Hall–Kier alpha value is -2.35. The molecule has 1 amide bonds. The molecule has 3 aromatic carbocycles. The highest BCUT2D eigenvalue weighted by Crippen LogP contribution is 2.32. The number of sulfonamides is 1. The van der Waals surface area contributed by atoms with E-state index in [9.17, 15) is 13.2 Å². The molecule has 0 unspecified atom stereocenters. The monoisotopic (exact) mass is 454 g/mol. The quantitative estimate of drug-likeness (QED) is 0.531. The van der Waals surface area contributed by atoms with Gasteiger partial charge in [-0.25, -0.2) is 8.42 Å². The van der Waals surface area contributed by atoms with Crippen molar-refractivity contribution >= 4 is 39.3 Å². The lowest BCUT2D eigenvalue weighted by Gasteiger charge is -2.24. The van der Waals surface area contributed by atoms with Gasteiger partial charge in [0.2, 0.25) is 15.9 Å². The third-order valence-corrected chi connectivity index (χ3v) is 8.00. The summed E-state index contributed by atoms with van der Waals surface area (Å²) in [5, 5.41) is 4.77. The molecule has 0 aliphatic carbocycles. The van der Waals surface area contributed by atoms with E-state index in [0.717, 1.165) is 16.3 Å². The Kier molecular flexibility index (Phi) is 6.65. The molecule has 1 aliphatic rings. The number of carbonyl (C=O) groups excluding carboxylic acids is 1. The average molecular weight is 455 g/mol. The van der Waals surface area contributed by atoms with E-state index in [1.807, 2.05) is 60.7 Å². The molecule has 5 nitrogen and oxygen atoms in total. The SMILES string of the molecule is O=C(CC[C@@H]1C[C@@H](S)CN1S(=O)(=O)c1ccc2ccccc2c1)NCc1ccccc1. The lowest BCUT2D eigenvalue weighted by atomic mass is 10.1. The number of thiol groups is 1. The molecule has 0 aromatic heterocycles. The Morgan fingerprint density at radius 3 is 2.48 bits per heavy atom. The predicted octanol–water partition coefficient (Wildman–Crippen LogP) is 4.00. The van der Waals surface area contributed by atoms with Gasteiger partial charge in [-0.2, -0.15) is 16.9 Å². The smallest absolute Gasteiger partial charge is 0.243 e. The Bertz CT molecular complexity index is 1170. The van der Waals surface area contributed by atoms with Gasteiger partial charge < -0.3 is 5.32 Å². The zero-order valence-electron chi connectivity index (χ0n) is 17.1. The van der Waals surface area contributed by atoms with Crippen LogP contribution in [-0.4, -0.2) is 36.5 Å². The van der Waals surface area contributed by atoms with Crippen molar-refractivity contribution in [1.82, 2.24) is 9.62 Å². The van der Waals surface area contributed by atoms with E-state index in [-0.39, 0.29) is 28.5 Å². The van der Waals surface area contributed by atoms with Crippen LogP contribution >= 0.6 is 12.6 Å². The van der Waals surface area contributed by atoms with Crippen LogP contribution in [-0.2, 0) is 21.4 Å². The van der Waals surface area contributed by atoms with Crippen LogP contribution < -0.4 is 5.32 Å². The summed E-state index contributed by atoms with van der Waals surface area (Å²) in [5.41, 5.74) is 1.03. The van der Waals surface area contributed by atoms with Crippen LogP contribution in [0.2, 0.25) is 0 Å². The molecule has 1 saturated heterocycles. The van der Waals surface area contributed by atoms with E-state index >= 15 is 0 Å². The Morgan fingerprint density at radius 2 is 1.71 bits per heavy atom. The van der Waals surface area contributed by atoms with Crippen LogP contribution in [0, 0.1) is 0 Å². The van der Waals surface area contributed by atoms with E-state index in [0.29, 0.717) is 25.9 Å². The molecule has 0 radical (unpaired) electrons. The molecule has 31 heavy (non-hydrogen) atoms. The Labute approximate surface area is 188 Å². The molecular formula is C24H26N2O3S2. The maximum Gasteiger partial charge on any atom is 0.243 e. The van der Waals surface area contributed by atoms with Gasteiger partial charge in [0, 0.05) is 30.8 Å². The van der Waals surface area contributed by atoms with Crippen LogP contribution in [0.4, 0.5) is 0 Å². The van der Waals surface area contributed by atoms with E-state index in [2.05, 4.69) is 17.9 Å². The van der Waals surface area contributed by atoms with Crippen LogP contribution in [0.25, 0.3) is 10.8 Å². The molecular weight excluding hydrogens is 428 g/mol. The summed E-state index contributed by atoms with van der Waals surface area (Å²) < 4.78 is 28.3. The van der Waals surface area contributed by atoms with Crippen molar-refractivity contribution < 1.29 is 13.2 Å². The van der Waals surface area contributed by atoms with Crippen molar-refractivity contribution in [3.8, 4) is 0 Å². The molecule has 3 aromatic rings. The Balaban J connectivity index is 1.43. The fourth-order valence-electron chi connectivity index (χ4n) is 4.07. The number of fused-ring (bicyclic) bond motifs is 1. The third kappa shape index (κ3) is 5.11. The second-order valence-corrected chi connectivity index (χ2v) is 10.5. The maximum atomic E-state index is 13.4. The number of nitrogens with one attached hydrogen (secondary N) is 1. The largest absolute Gasteiger partial charge is 0.352 e. The topological polar surface area (TPSA) is 66.5 Å². The minimum absolute atomic E-state index is 0.0346. The second kappa shape index (κ2) is 9.42. The molecule has 0 bridgehead atoms. The highest BCUT2D eigenvalue weighted by atomic mass is 32.2. The summed E-state index contributed by atoms with van der Waals surface area (Å²) in [6, 6.07) is 22.4. The summed E-state index contributed by atoms with van der Waals surface area (Å²) in [7, 11) is -3.66. The first-order chi connectivity index (χ1) is 14.9. The zero-order valence-corrected chi connectivity index (χ0v) is 18.9. The van der Waals surface area contributed by atoms with Gasteiger partial charge in [-0.1, -0.05) is 60.7 Å². The molecule has 0 saturated carbocycles. The highest BCUT2D eigenvalue weighted by molar-refractivity contribution is 7.89. The predicted molar refractivity (Wildman–Crippen MR) is 127 cm³/mol. The first kappa shape index (κ1) is 21.9. The number of amides is 1. The van der Waals surface area contributed by atoms with Crippen molar-refractivity contribution in [2.75, 3.05) is 6.54 Å². The van der Waals surface area contributed by atoms with E-state index in [4.69, 9.17) is 0 Å². The van der Waals surface area contributed by atoms with Gasteiger partial charge in [0.15, 0.2) is 0 Å². The van der Waals surface area contributed by atoms with Crippen molar-refractivity contribution in [3.63, 3.8) is 0 Å². The zero-order chi connectivity index (χ0) is 21.8. The molecule has 1 aliphatic heterocycles. The lowest BCUT2D eigenvalue weighted by Crippen LogP contribution is -2.36. The molecule has 162 valence electrons. The first-order valence-corrected chi connectivity index (χ1v) is 12.4. The van der Waals surface area contributed by atoms with Gasteiger partial charge in [0.1, 0.15) is 0 Å². The van der Waals surface area contributed by atoms with E-state index in [1.165, 1.54) is 4.31 Å². The van der Waals surface area contributed by atoms with Gasteiger partial charge in [0.05, 0.1) is 4.90 Å². The fraction of sp³-hybridized carbons (Fsp3) is 0.292. The number of rotatable bonds is 7. The number of nitrogens with zero attached hydrogens (tertiary/aromatic N) is 1. The van der Waals surface area contributed by atoms with Crippen molar-refractivity contribution in [1.29, 1.82) is 0 Å². The van der Waals surface area contributed by atoms with E-state index < -0.39 is 10.0 Å². The van der Waals surface area contributed by atoms with Gasteiger partial charge >= 0.3 is 0 Å².